The Morgan fingerprint density at radius 3 is 2.36 bits per heavy atom. The van der Waals surface area contributed by atoms with Gasteiger partial charge in [0, 0.05) is 18.8 Å². The molecule has 0 aliphatic carbocycles. The molecule has 1 atom stereocenters. The molecule has 0 fully saturated rings. The van der Waals surface area contributed by atoms with Crippen LogP contribution in [0.5, 0.6) is 0 Å². The van der Waals surface area contributed by atoms with Gasteiger partial charge in [-0.05, 0) is 25.7 Å². The van der Waals surface area contributed by atoms with Crippen LogP contribution < -0.4 is 0 Å². The predicted octanol–water partition coefficient (Wildman–Crippen LogP) is 4.06. The number of unbranched alkanes of at least 4 members (excludes halogenated alkanes) is 1. The van der Waals surface area contributed by atoms with Gasteiger partial charge < -0.3 is 4.90 Å². The van der Waals surface area contributed by atoms with E-state index in [9.17, 15) is 0 Å². The van der Waals surface area contributed by atoms with Crippen molar-refractivity contribution in [3.8, 4) is 0 Å². The fourth-order valence-electron chi connectivity index (χ4n) is 1.73. The molecule has 0 saturated heterocycles. The molecule has 0 aromatic rings. The lowest BCUT2D eigenvalue weighted by atomic mass is 10.0. The SMILES string of the molecule is C=C(C)N(CCC)CC(C)CCCC. The molecule has 0 aromatic carbocycles. The molecule has 84 valence electrons. The number of rotatable bonds is 8. The van der Waals surface area contributed by atoms with Gasteiger partial charge >= 0.3 is 0 Å². The van der Waals surface area contributed by atoms with Crippen LogP contribution in [0.2, 0.25) is 0 Å². The Balaban J connectivity index is 3.83. The van der Waals surface area contributed by atoms with Gasteiger partial charge in [-0.2, -0.15) is 0 Å². The molecular formula is C13H27N. The maximum absolute atomic E-state index is 4.03. The van der Waals surface area contributed by atoms with E-state index in [0.29, 0.717) is 0 Å². The zero-order valence-corrected chi connectivity index (χ0v) is 10.5. The third kappa shape index (κ3) is 6.06. The molecule has 0 radical (unpaired) electrons. The number of hydrogen-bond donors (Lipinski definition) is 0. The molecule has 1 nitrogen and oxygen atoms in total. The van der Waals surface area contributed by atoms with E-state index in [1.54, 1.807) is 0 Å². The van der Waals surface area contributed by atoms with E-state index < -0.39 is 0 Å². The van der Waals surface area contributed by atoms with Crippen molar-refractivity contribution in [2.75, 3.05) is 13.1 Å². The molecule has 14 heavy (non-hydrogen) atoms. The summed E-state index contributed by atoms with van der Waals surface area (Å²) in [6, 6.07) is 0. The first kappa shape index (κ1) is 13.5. The summed E-state index contributed by atoms with van der Waals surface area (Å²) >= 11 is 0. The molecule has 0 aliphatic heterocycles. The van der Waals surface area contributed by atoms with Crippen molar-refractivity contribution in [1.29, 1.82) is 0 Å². The quantitative estimate of drug-likeness (QED) is 0.567. The second-order valence-corrected chi connectivity index (χ2v) is 4.43. The number of hydrogen-bond acceptors (Lipinski definition) is 1. The van der Waals surface area contributed by atoms with Crippen molar-refractivity contribution in [2.24, 2.45) is 5.92 Å². The second kappa shape index (κ2) is 7.90. The minimum Gasteiger partial charge on any atom is -0.375 e. The fourth-order valence-corrected chi connectivity index (χ4v) is 1.73. The van der Waals surface area contributed by atoms with Crippen LogP contribution in [0.25, 0.3) is 0 Å². The van der Waals surface area contributed by atoms with Gasteiger partial charge in [0.2, 0.25) is 0 Å². The molecular weight excluding hydrogens is 170 g/mol. The molecule has 1 heteroatoms. The van der Waals surface area contributed by atoms with E-state index >= 15 is 0 Å². The third-order valence-corrected chi connectivity index (χ3v) is 2.62. The molecule has 0 spiro atoms. The van der Waals surface area contributed by atoms with Crippen molar-refractivity contribution < 1.29 is 0 Å². The maximum atomic E-state index is 4.03. The fraction of sp³-hybridized carbons (Fsp3) is 0.846. The van der Waals surface area contributed by atoms with Crippen molar-refractivity contribution in [3.63, 3.8) is 0 Å². The Hall–Kier alpha value is -0.460. The molecule has 0 N–H and O–H groups in total. The van der Waals surface area contributed by atoms with Crippen molar-refractivity contribution in [1.82, 2.24) is 4.90 Å². The van der Waals surface area contributed by atoms with Crippen LogP contribution >= 0.6 is 0 Å². The topological polar surface area (TPSA) is 3.24 Å². The van der Waals surface area contributed by atoms with E-state index in [0.717, 1.165) is 12.5 Å². The lowest BCUT2D eigenvalue weighted by molar-refractivity contribution is 0.285. The van der Waals surface area contributed by atoms with Crippen LogP contribution in [0, 0.1) is 5.92 Å². The van der Waals surface area contributed by atoms with Crippen LogP contribution in [-0.2, 0) is 0 Å². The highest BCUT2D eigenvalue weighted by Crippen LogP contribution is 2.12. The summed E-state index contributed by atoms with van der Waals surface area (Å²) in [6.45, 7) is 15.3. The molecule has 0 saturated carbocycles. The van der Waals surface area contributed by atoms with E-state index in [1.165, 1.54) is 37.9 Å². The first-order chi connectivity index (χ1) is 6.61. The summed E-state index contributed by atoms with van der Waals surface area (Å²) in [6.07, 6.45) is 5.24. The molecule has 0 rings (SSSR count). The van der Waals surface area contributed by atoms with Gasteiger partial charge in [0.05, 0.1) is 0 Å². The van der Waals surface area contributed by atoms with E-state index in [4.69, 9.17) is 0 Å². The van der Waals surface area contributed by atoms with Gasteiger partial charge in [0.1, 0.15) is 0 Å². The van der Waals surface area contributed by atoms with Crippen LogP contribution in [0.4, 0.5) is 0 Å². The largest absolute Gasteiger partial charge is 0.375 e. The van der Waals surface area contributed by atoms with Crippen LogP contribution in [0.1, 0.15) is 53.4 Å². The highest BCUT2D eigenvalue weighted by atomic mass is 15.1. The monoisotopic (exact) mass is 197 g/mol. The Kier molecular flexibility index (Phi) is 7.64. The van der Waals surface area contributed by atoms with E-state index in [1.807, 2.05) is 0 Å². The number of allylic oxidation sites excluding steroid dienone is 1. The highest BCUT2D eigenvalue weighted by molar-refractivity contribution is 4.88. The zero-order chi connectivity index (χ0) is 11.0. The Bertz CT molecular complexity index is 151. The second-order valence-electron chi connectivity index (χ2n) is 4.43. The van der Waals surface area contributed by atoms with E-state index in [-0.39, 0.29) is 0 Å². The van der Waals surface area contributed by atoms with E-state index in [2.05, 4.69) is 39.2 Å². The Morgan fingerprint density at radius 1 is 1.29 bits per heavy atom. The lowest BCUT2D eigenvalue weighted by Crippen LogP contribution is -2.27. The van der Waals surface area contributed by atoms with Gasteiger partial charge in [-0.15, -0.1) is 0 Å². The number of nitrogens with zero attached hydrogens (tertiary/aromatic N) is 1. The normalized spacial score (nSPS) is 12.6. The Morgan fingerprint density at radius 2 is 1.93 bits per heavy atom. The molecule has 0 aromatic heterocycles. The summed E-state index contributed by atoms with van der Waals surface area (Å²) in [4.78, 5) is 2.42. The highest BCUT2D eigenvalue weighted by Gasteiger charge is 2.08. The van der Waals surface area contributed by atoms with Crippen LogP contribution in [-0.4, -0.2) is 18.0 Å². The van der Waals surface area contributed by atoms with Crippen LogP contribution in [0.3, 0.4) is 0 Å². The summed E-state index contributed by atoms with van der Waals surface area (Å²) in [5.41, 5.74) is 1.22. The van der Waals surface area contributed by atoms with Crippen molar-refractivity contribution >= 4 is 0 Å². The first-order valence-corrected chi connectivity index (χ1v) is 6.02. The molecule has 0 aliphatic rings. The standard InChI is InChI=1S/C13H27N/c1-6-8-9-13(5)11-14(10-7-2)12(3)4/h13H,3,6-11H2,1-2,4-5H3. The smallest absolute Gasteiger partial charge is 0.0200 e. The van der Waals surface area contributed by atoms with Gasteiger partial charge in [-0.1, -0.05) is 40.2 Å². The van der Waals surface area contributed by atoms with Crippen molar-refractivity contribution in [2.45, 2.75) is 53.4 Å². The summed E-state index contributed by atoms with van der Waals surface area (Å²) in [5.74, 6) is 0.804. The minimum atomic E-state index is 0.804. The molecule has 0 heterocycles. The summed E-state index contributed by atoms with van der Waals surface area (Å²) in [5, 5.41) is 0. The minimum absolute atomic E-state index is 0.804. The molecule has 0 bridgehead atoms. The van der Waals surface area contributed by atoms with Gasteiger partial charge in [0.25, 0.3) is 0 Å². The van der Waals surface area contributed by atoms with Gasteiger partial charge in [0.15, 0.2) is 0 Å². The summed E-state index contributed by atoms with van der Waals surface area (Å²) in [7, 11) is 0. The predicted molar refractivity (Wildman–Crippen MR) is 65.4 cm³/mol. The van der Waals surface area contributed by atoms with Crippen LogP contribution in [0.15, 0.2) is 12.3 Å². The maximum Gasteiger partial charge on any atom is 0.0200 e. The van der Waals surface area contributed by atoms with Crippen molar-refractivity contribution in [3.05, 3.63) is 12.3 Å². The molecule has 1 unspecified atom stereocenters. The lowest BCUT2D eigenvalue weighted by Gasteiger charge is -2.27. The van der Waals surface area contributed by atoms with Gasteiger partial charge in [-0.3, -0.25) is 0 Å². The molecule has 0 amide bonds. The summed E-state index contributed by atoms with van der Waals surface area (Å²) < 4.78 is 0. The first-order valence-electron chi connectivity index (χ1n) is 6.02. The average molecular weight is 197 g/mol. The average Bonchev–Trinajstić information content (AvgIpc) is 2.14. The third-order valence-electron chi connectivity index (χ3n) is 2.62. The Labute approximate surface area is 90.2 Å². The zero-order valence-electron chi connectivity index (χ0n) is 10.5. The van der Waals surface area contributed by atoms with Gasteiger partial charge in [-0.25, -0.2) is 0 Å².